The predicted molar refractivity (Wildman–Crippen MR) is 71.9 cm³/mol. The molecule has 0 radical (unpaired) electrons. The number of aromatic nitrogens is 2. The zero-order chi connectivity index (χ0) is 17.2. The normalized spacial score (nSPS) is 27.6. The maximum absolute atomic E-state index is 11.8. The molecule has 4 atom stereocenters. The van der Waals surface area contributed by atoms with E-state index in [1.165, 1.54) is 12.3 Å². The molecular formula is C9H14N6O7P+. The Bertz CT molecular complexity index is 727. The van der Waals surface area contributed by atoms with E-state index < -0.39 is 44.6 Å². The van der Waals surface area contributed by atoms with Gasteiger partial charge >= 0.3 is 13.5 Å². The van der Waals surface area contributed by atoms with E-state index >= 15 is 0 Å². The molecule has 0 amide bonds. The van der Waals surface area contributed by atoms with Gasteiger partial charge in [-0.25, -0.2) is 9.36 Å². The van der Waals surface area contributed by atoms with E-state index in [-0.39, 0.29) is 5.82 Å². The van der Waals surface area contributed by atoms with Crippen molar-refractivity contribution < 1.29 is 28.7 Å². The first-order valence-corrected chi connectivity index (χ1v) is 7.71. The molecule has 1 aliphatic heterocycles. The summed E-state index contributed by atoms with van der Waals surface area (Å²) in [5.41, 5.74) is 11.4. The molecule has 1 fully saturated rings. The minimum atomic E-state index is -4.77. The predicted octanol–water partition coefficient (Wildman–Crippen LogP) is -1.89. The number of nitrogens with one attached hydrogen (secondary N) is 1. The molecule has 1 saturated heterocycles. The summed E-state index contributed by atoms with van der Waals surface area (Å²) in [5, 5.41) is 13.6. The molecule has 14 heteroatoms. The number of nitrogens with two attached hydrogens (primary N) is 1. The zero-order valence-electron chi connectivity index (χ0n) is 11.5. The molecule has 23 heavy (non-hydrogen) atoms. The summed E-state index contributed by atoms with van der Waals surface area (Å²) in [7, 11) is -4.77. The van der Waals surface area contributed by atoms with Crippen LogP contribution in [-0.2, 0) is 13.8 Å². The van der Waals surface area contributed by atoms with Crippen molar-refractivity contribution >= 4 is 13.6 Å². The van der Waals surface area contributed by atoms with Crippen LogP contribution in [0.2, 0.25) is 0 Å². The number of aliphatic hydroxyl groups excluding tert-OH is 1. The molecule has 13 nitrogen and oxygen atoms in total. The molecule has 0 spiro atoms. The molecule has 0 aromatic carbocycles. The highest BCUT2D eigenvalue weighted by Gasteiger charge is 2.49. The average molecular weight is 349 g/mol. The maximum atomic E-state index is 11.8. The molecule has 1 aromatic heterocycles. The highest BCUT2D eigenvalue weighted by atomic mass is 31.2. The van der Waals surface area contributed by atoms with Crippen LogP contribution in [0.3, 0.4) is 0 Å². The van der Waals surface area contributed by atoms with Crippen molar-refractivity contribution in [3.05, 3.63) is 22.7 Å². The lowest BCUT2D eigenvalue weighted by Crippen LogP contribution is -2.35. The SMILES string of the molecule is N=[N+]=N[C@@H]1[C@H](O)[C@@H](COP(=O)(O)O)O[C@H]1n1ccc(N)nc1=O. The van der Waals surface area contributed by atoms with Crippen LogP contribution in [0.4, 0.5) is 5.82 Å². The largest absolute Gasteiger partial charge is 0.469 e. The first kappa shape index (κ1) is 17.4. The highest BCUT2D eigenvalue weighted by Crippen LogP contribution is 2.38. The molecule has 1 aromatic rings. The average Bonchev–Trinajstić information content (AvgIpc) is 2.74. The Balaban J connectivity index is 2.29. The molecule has 2 rings (SSSR count). The first-order chi connectivity index (χ1) is 10.7. The van der Waals surface area contributed by atoms with Crippen molar-refractivity contribution in [3.63, 3.8) is 0 Å². The van der Waals surface area contributed by atoms with Crippen molar-refractivity contribution in [2.75, 3.05) is 12.3 Å². The molecule has 6 N–H and O–H groups in total. The van der Waals surface area contributed by atoms with Gasteiger partial charge < -0.3 is 25.4 Å². The quantitative estimate of drug-likeness (QED) is 0.228. The van der Waals surface area contributed by atoms with Crippen molar-refractivity contribution in [2.24, 2.45) is 5.11 Å². The fourth-order valence-corrected chi connectivity index (χ4v) is 2.42. The Morgan fingerprint density at radius 2 is 2.30 bits per heavy atom. The third-order valence-corrected chi connectivity index (χ3v) is 3.55. The Kier molecular flexibility index (Phi) is 5.02. The lowest BCUT2D eigenvalue weighted by atomic mass is 10.1. The minimum Gasteiger partial charge on any atom is -0.388 e. The summed E-state index contributed by atoms with van der Waals surface area (Å²) in [6, 6.07) is 0.145. The number of nitrogen functional groups attached to an aromatic ring is 1. The summed E-state index contributed by atoms with van der Waals surface area (Å²) < 4.78 is 21.3. The second-order valence-electron chi connectivity index (χ2n) is 4.59. The van der Waals surface area contributed by atoms with Crippen molar-refractivity contribution in [1.29, 1.82) is 5.53 Å². The van der Waals surface area contributed by atoms with Crippen molar-refractivity contribution in [3.8, 4) is 0 Å². The van der Waals surface area contributed by atoms with Gasteiger partial charge in [-0.3, -0.25) is 9.09 Å². The minimum absolute atomic E-state index is 0.0233. The molecule has 0 unspecified atom stereocenters. The van der Waals surface area contributed by atoms with Crippen LogP contribution >= 0.6 is 7.82 Å². The molecule has 0 bridgehead atoms. The van der Waals surface area contributed by atoms with Crippen LogP contribution in [0.25, 0.3) is 0 Å². The van der Waals surface area contributed by atoms with Gasteiger partial charge in [0.15, 0.2) is 6.23 Å². The molecule has 126 valence electrons. The van der Waals surface area contributed by atoms with E-state index in [9.17, 15) is 14.5 Å². The monoisotopic (exact) mass is 349 g/mol. The summed E-state index contributed by atoms with van der Waals surface area (Å²) in [6.45, 7) is -0.650. The first-order valence-electron chi connectivity index (χ1n) is 6.18. The Morgan fingerprint density at radius 1 is 1.61 bits per heavy atom. The lowest BCUT2D eigenvalue weighted by Gasteiger charge is -2.15. The van der Waals surface area contributed by atoms with Gasteiger partial charge in [0.25, 0.3) is 0 Å². The van der Waals surface area contributed by atoms with Crippen LogP contribution in [0.1, 0.15) is 6.23 Å². The Hall–Kier alpha value is -1.98. The second kappa shape index (κ2) is 6.64. The van der Waals surface area contributed by atoms with E-state index in [0.29, 0.717) is 0 Å². The standard InChI is InChI=1S/C9H13N6O7P/c10-5-1-2-15(9(17)12-5)8-6(13-14-11)7(16)4(22-8)3-21-23(18,19)20/h1-2,4,6-8,11,16H,3H2,(H3-,10,12,17,18,19,20)/p+1/t4-,6-,7-,8-/m1/s1. The van der Waals surface area contributed by atoms with Crippen molar-refractivity contribution in [2.45, 2.75) is 24.5 Å². The topological polar surface area (TPSA) is 207 Å². The van der Waals surface area contributed by atoms with Gasteiger partial charge in [0.05, 0.1) is 6.61 Å². The number of nitrogens with zero attached hydrogens (tertiary/aromatic N) is 4. The van der Waals surface area contributed by atoms with Crippen LogP contribution in [0, 0.1) is 5.53 Å². The number of hydrogen-bond acceptors (Lipinski definition) is 9. The van der Waals surface area contributed by atoms with Gasteiger partial charge in [-0.15, -0.1) is 0 Å². The number of anilines is 1. The lowest BCUT2D eigenvalue weighted by molar-refractivity contribution is -0.0456. The third-order valence-electron chi connectivity index (χ3n) is 3.06. The smallest absolute Gasteiger partial charge is 0.388 e. The van der Waals surface area contributed by atoms with Crippen LogP contribution in [-0.4, -0.2) is 49.3 Å². The number of hydrogen-bond donors (Lipinski definition) is 5. The molecule has 0 saturated carbocycles. The van der Waals surface area contributed by atoms with Gasteiger partial charge in [0, 0.05) is 6.20 Å². The van der Waals surface area contributed by atoms with E-state index in [2.05, 4.69) is 19.5 Å². The Labute approximate surface area is 128 Å². The fourth-order valence-electron chi connectivity index (χ4n) is 2.08. The second-order valence-corrected chi connectivity index (χ2v) is 5.83. The molecular weight excluding hydrogens is 335 g/mol. The molecule has 0 aliphatic carbocycles. The van der Waals surface area contributed by atoms with Gasteiger partial charge in [0.1, 0.15) is 28.7 Å². The molecule has 2 heterocycles. The van der Waals surface area contributed by atoms with Crippen LogP contribution in [0.5, 0.6) is 0 Å². The summed E-state index contributed by atoms with van der Waals surface area (Å²) in [5.74, 6) is -0.0233. The van der Waals surface area contributed by atoms with Gasteiger partial charge in [0.2, 0.25) is 11.0 Å². The number of phosphoric ester groups is 1. The Morgan fingerprint density at radius 3 is 2.87 bits per heavy atom. The zero-order valence-corrected chi connectivity index (χ0v) is 12.4. The number of phosphoric acid groups is 1. The summed E-state index contributed by atoms with van der Waals surface area (Å²) >= 11 is 0. The highest BCUT2D eigenvalue weighted by molar-refractivity contribution is 7.46. The van der Waals surface area contributed by atoms with E-state index in [1.54, 1.807) is 0 Å². The van der Waals surface area contributed by atoms with E-state index in [4.69, 9.17) is 25.8 Å². The van der Waals surface area contributed by atoms with E-state index in [1.807, 2.05) is 0 Å². The number of rotatable bonds is 5. The number of ether oxygens (including phenoxy) is 1. The fraction of sp³-hybridized carbons (Fsp3) is 0.556. The number of aliphatic hydroxyl groups is 1. The summed E-state index contributed by atoms with van der Waals surface area (Å²) in [6.07, 6.45) is -2.55. The van der Waals surface area contributed by atoms with Crippen LogP contribution < -0.4 is 16.3 Å². The summed E-state index contributed by atoms with van der Waals surface area (Å²) in [4.78, 5) is 35.5. The van der Waals surface area contributed by atoms with Crippen LogP contribution in [0.15, 0.2) is 22.2 Å². The van der Waals surface area contributed by atoms with Gasteiger partial charge in [-0.05, 0) is 6.07 Å². The van der Waals surface area contributed by atoms with Gasteiger partial charge in [-0.2, -0.15) is 4.98 Å². The molecule has 1 aliphatic rings. The van der Waals surface area contributed by atoms with Crippen molar-refractivity contribution in [1.82, 2.24) is 14.5 Å². The van der Waals surface area contributed by atoms with Gasteiger partial charge in [-0.1, -0.05) is 0 Å². The van der Waals surface area contributed by atoms with E-state index in [0.717, 1.165) is 4.57 Å². The third kappa shape index (κ3) is 4.06. The maximum Gasteiger partial charge on any atom is 0.469 e.